The number of amides is 1. The second kappa shape index (κ2) is 7.43. The molecule has 136 valence electrons. The van der Waals surface area contributed by atoms with E-state index in [1.165, 1.54) is 16.3 Å². The number of aliphatic carboxylic acids is 1. The molecule has 0 spiro atoms. The number of carboxylic acid groups (broad SMARTS) is 1. The number of carbonyl (C=O) groups is 2. The molecule has 2 heterocycles. The summed E-state index contributed by atoms with van der Waals surface area (Å²) in [6.45, 7) is -0.418. The van der Waals surface area contributed by atoms with Gasteiger partial charge in [0.2, 0.25) is 0 Å². The Hall–Kier alpha value is -2.45. The van der Waals surface area contributed by atoms with Crippen molar-refractivity contribution in [1.82, 2.24) is 9.88 Å². The van der Waals surface area contributed by atoms with Crippen LogP contribution in [0.2, 0.25) is 5.02 Å². The molecule has 0 aliphatic carbocycles. The lowest BCUT2D eigenvalue weighted by Crippen LogP contribution is -2.37. The lowest BCUT2D eigenvalue weighted by Gasteiger charge is -2.16. The van der Waals surface area contributed by atoms with Gasteiger partial charge in [-0.25, -0.2) is 0 Å². The van der Waals surface area contributed by atoms with Crippen LogP contribution in [0.3, 0.4) is 0 Å². The highest BCUT2D eigenvalue weighted by Gasteiger charge is 2.28. The Morgan fingerprint density at radius 1 is 1.23 bits per heavy atom. The lowest BCUT2D eigenvalue weighted by atomic mass is 10.1. The van der Waals surface area contributed by atoms with E-state index in [1.807, 2.05) is 0 Å². The summed E-state index contributed by atoms with van der Waals surface area (Å²) in [6, 6.07) is 6.97. The Bertz CT molecular complexity index is 940. The van der Waals surface area contributed by atoms with E-state index in [1.54, 1.807) is 24.3 Å². The standard InChI is InChI=1S/C17H15ClN2O5S/c18-10-3-1-9(2-4-10)6-20-12-8-26-7-11(12)15(23)14(17(20)25)16(24)19-5-13(21)22/h1-4,23H,5-8H2,(H,19,24)(H,21,22). The minimum atomic E-state index is -1.24. The van der Waals surface area contributed by atoms with Crippen LogP contribution in [-0.4, -0.2) is 33.2 Å². The number of hydrogen-bond donors (Lipinski definition) is 3. The molecule has 3 N–H and O–H groups in total. The monoisotopic (exact) mass is 394 g/mol. The molecular weight excluding hydrogens is 380 g/mol. The molecule has 1 aliphatic rings. The summed E-state index contributed by atoms with van der Waals surface area (Å²) < 4.78 is 1.45. The van der Waals surface area contributed by atoms with Gasteiger partial charge in [-0.3, -0.25) is 14.4 Å². The topological polar surface area (TPSA) is 109 Å². The molecule has 7 nitrogen and oxygen atoms in total. The number of benzene rings is 1. The Balaban J connectivity index is 2.06. The van der Waals surface area contributed by atoms with Gasteiger partial charge in [0.15, 0.2) is 0 Å². The van der Waals surface area contributed by atoms with E-state index in [0.29, 0.717) is 27.8 Å². The van der Waals surface area contributed by atoms with E-state index in [9.17, 15) is 19.5 Å². The first kappa shape index (κ1) is 18.3. The van der Waals surface area contributed by atoms with Gasteiger partial charge in [0, 0.05) is 27.8 Å². The average molecular weight is 395 g/mol. The molecule has 0 fully saturated rings. The van der Waals surface area contributed by atoms with Gasteiger partial charge in [0.1, 0.15) is 17.9 Å². The van der Waals surface area contributed by atoms with Crippen LogP contribution in [0.15, 0.2) is 29.1 Å². The third-order valence-electron chi connectivity index (χ3n) is 4.02. The van der Waals surface area contributed by atoms with Crippen LogP contribution < -0.4 is 10.9 Å². The van der Waals surface area contributed by atoms with Crippen molar-refractivity contribution in [2.75, 3.05) is 6.54 Å². The molecule has 1 aliphatic heterocycles. The number of hydrogen-bond acceptors (Lipinski definition) is 5. The van der Waals surface area contributed by atoms with Gasteiger partial charge in [-0.05, 0) is 17.7 Å². The van der Waals surface area contributed by atoms with Gasteiger partial charge in [0.25, 0.3) is 11.5 Å². The number of carboxylic acids is 1. The number of thioether (sulfide) groups is 1. The normalized spacial score (nSPS) is 12.7. The number of aromatic hydroxyl groups is 1. The number of nitrogens with zero attached hydrogens (tertiary/aromatic N) is 1. The summed E-state index contributed by atoms with van der Waals surface area (Å²) in [5, 5.41) is 21.8. The predicted molar refractivity (Wildman–Crippen MR) is 97.9 cm³/mol. The van der Waals surface area contributed by atoms with Crippen LogP contribution in [0.5, 0.6) is 5.75 Å². The van der Waals surface area contributed by atoms with Crippen LogP contribution in [0.25, 0.3) is 0 Å². The molecule has 0 bridgehead atoms. The van der Waals surface area contributed by atoms with Gasteiger partial charge in [-0.2, -0.15) is 11.8 Å². The maximum atomic E-state index is 12.9. The van der Waals surface area contributed by atoms with Crippen molar-refractivity contribution in [2.24, 2.45) is 0 Å². The Morgan fingerprint density at radius 2 is 1.92 bits per heavy atom. The van der Waals surface area contributed by atoms with E-state index in [-0.39, 0.29) is 12.3 Å². The van der Waals surface area contributed by atoms with Crippen molar-refractivity contribution in [3.8, 4) is 5.75 Å². The number of nitrogens with one attached hydrogen (secondary N) is 1. The SMILES string of the molecule is O=C(O)CNC(=O)c1c(O)c2c(n(Cc3ccc(Cl)cc3)c1=O)CSC2. The quantitative estimate of drug-likeness (QED) is 0.713. The third kappa shape index (κ3) is 3.56. The Morgan fingerprint density at radius 3 is 2.58 bits per heavy atom. The minimum Gasteiger partial charge on any atom is -0.507 e. The Kier molecular flexibility index (Phi) is 5.24. The molecule has 0 atom stereocenters. The van der Waals surface area contributed by atoms with E-state index in [0.717, 1.165) is 5.56 Å². The molecule has 2 aromatic rings. The van der Waals surface area contributed by atoms with Gasteiger partial charge in [0.05, 0.1) is 6.54 Å². The molecule has 1 aromatic heterocycles. The van der Waals surface area contributed by atoms with Crippen LogP contribution in [0.1, 0.15) is 27.2 Å². The molecule has 1 aromatic carbocycles. The van der Waals surface area contributed by atoms with Gasteiger partial charge in [-0.1, -0.05) is 23.7 Å². The lowest BCUT2D eigenvalue weighted by molar-refractivity contribution is -0.135. The summed E-state index contributed by atoms with van der Waals surface area (Å²) in [7, 11) is 0. The van der Waals surface area contributed by atoms with Crippen LogP contribution >= 0.6 is 23.4 Å². The van der Waals surface area contributed by atoms with Crippen molar-refractivity contribution < 1.29 is 19.8 Å². The summed E-state index contributed by atoms with van der Waals surface area (Å²) in [6.07, 6.45) is 0. The molecular formula is C17H15ClN2O5S. The van der Waals surface area contributed by atoms with E-state index >= 15 is 0 Å². The average Bonchev–Trinajstić information content (AvgIpc) is 3.08. The predicted octanol–water partition coefficient (Wildman–Crippen LogP) is 1.82. The zero-order valence-corrected chi connectivity index (χ0v) is 15.1. The van der Waals surface area contributed by atoms with Gasteiger partial charge >= 0.3 is 5.97 Å². The second-order valence-corrected chi connectivity index (χ2v) is 7.16. The van der Waals surface area contributed by atoms with Crippen molar-refractivity contribution >= 4 is 35.2 Å². The van der Waals surface area contributed by atoms with E-state index in [4.69, 9.17) is 16.7 Å². The highest BCUT2D eigenvalue weighted by atomic mass is 35.5. The first-order valence-corrected chi connectivity index (χ1v) is 9.21. The summed E-state index contributed by atoms with van der Waals surface area (Å²) in [5.74, 6) is -1.50. The highest BCUT2D eigenvalue weighted by molar-refractivity contribution is 7.98. The maximum absolute atomic E-state index is 12.9. The van der Waals surface area contributed by atoms with Crippen molar-refractivity contribution in [3.05, 3.63) is 62.0 Å². The number of fused-ring (bicyclic) bond motifs is 1. The molecule has 0 unspecified atom stereocenters. The molecule has 0 saturated carbocycles. The third-order valence-corrected chi connectivity index (χ3v) is 5.24. The first-order chi connectivity index (χ1) is 12.4. The summed E-state index contributed by atoms with van der Waals surface area (Å²) in [4.78, 5) is 35.8. The van der Waals surface area contributed by atoms with Gasteiger partial charge in [-0.15, -0.1) is 0 Å². The van der Waals surface area contributed by atoms with Crippen molar-refractivity contribution in [1.29, 1.82) is 0 Å². The fourth-order valence-corrected chi connectivity index (χ4v) is 4.02. The molecule has 26 heavy (non-hydrogen) atoms. The fourth-order valence-electron chi connectivity index (χ4n) is 2.76. The highest BCUT2D eigenvalue weighted by Crippen LogP contribution is 2.36. The molecule has 0 saturated heterocycles. The minimum absolute atomic E-state index is 0.221. The summed E-state index contributed by atoms with van der Waals surface area (Å²) >= 11 is 7.41. The fraction of sp³-hybridized carbons (Fsp3) is 0.235. The largest absolute Gasteiger partial charge is 0.507 e. The van der Waals surface area contributed by atoms with Crippen LogP contribution in [0, 0.1) is 0 Å². The van der Waals surface area contributed by atoms with Crippen LogP contribution in [-0.2, 0) is 22.8 Å². The van der Waals surface area contributed by atoms with Crippen molar-refractivity contribution in [2.45, 2.75) is 18.1 Å². The number of carbonyl (C=O) groups excluding carboxylic acids is 1. The van der Waals surface area contributed by atoms with Crippen LogP contribution in [0.4, 0.5) is 0 Å². The smallest absolute Gasteiger partial charge is 0.322 e. The van der Waals surface area contributed by atoms with E-state index < -0.39 is 29.5 Å². The molecule has 1 amide bonds. The first-order valence-electron chi connectivity index (χ1n) is 7.68. The maximum Gasteiger partial charge on any atom is 0.322 e. The van der Waals surface area contributed by atoms with Gasteiger partial charge < -0.3 is 20.1 Å². The number of aromatic nitrogens is 1. The zero-order chi connectivity index (χ0) is 18.8. The number of pyridine rings is 1. The Labute approximate surface area is 157 Å². The zero-order valence-electron chi connectivity index (χ0n) is 13.5. The molecule has 0 radical (unpaired) electrons. The van der Waals surface area contributed by atoms with E-state index in [2.05, 4.69) is 5.32 Å². The number of rotatable bonds is 5. The number of halogens is 1. The summed E-state index contributed by atoms with van der Waals surface area (Å²) in [5.41, 5.74) is 0.938. The second-order valence-electron chi connectivity index (χ2n) is 5.74. The van der Waals surface area contributed by atoms with Crippen molar-refractivity contribution in [3.63, 3.8) is 0 Å². The molecule has 3 rings (SSSR count). The molecule has 9 heteroatoms.